The van der Waals surface area contributed by atoms with Gasteiger partial charge >= 0.3 is 0 Å². The van der Waals surface area contributed by atoms with E-state index in [0.29, 0.717) is 0 Å². The Morgan fingerprint density at radius 3 is 2.48 bits per heavy atom. The van der Waals surface area contributed by atoms with Gasteiger partial charge in [0.25, 0.3) is 0 Å². The maximum Gasteiger partial charge on any atom is 0.160 e. The van der Waals surface area contributed by atoms with Gasteiger partial charge in [0.05, 0.1) is 14.2 Å². The Bertz CT molecular complexity index is 628. The minimum atomic E-state index is 0.156. The van der Waals surface area contributed by atoms with Crippen molar-refractivity contribution in [2.75, 3.05) is 14.2 Å². The SMILES string of the molecule is COc1ccc(CC(Br)c2cccc(C)c2Cl)cc1OC. The summed E-state index contributed by atoms with van der Waals surface area (Å²) in [6.07, 6.45) is 0.823. The molecule has 2 rings (SSSR count). The van der Waals surface area contributed by atoms with Crippen molar-refractivity contribution < 1.29 is 9.47 Å². The highest BCUT2D eigenvalue weighted by molar-refractivity contribution is 9.09. The number of benzene rings is 2. The largest absolute Gasteiger partial charge is 0.493 e. The van der Waals surface area contributed by atoms with Gasteiger partial charge in [-0.15, -0.1) is 0 Å². The van der Waals surface area contributed by atoms with Crippen LogP contribution in [0.5, 0.6) is 11.5 Å². The number of hydrogen-bond donors (Lipinski definition) is 0. The number of halogens is 2. The molecule has 0 aliphatic heterocycles. The molecule has 112 valence electrons. The van der Waals surface area contributed by atoms with Crippen LogP contribution in [0.25, 0.3) is 0 Å². The van der Waals surface area contributed by atoms with Crippen molar-refractivity contribution in [3.8, 4) is 11.5 Å². The van der Waals surface area contributed by atoms with E-state index in [0.717, 1.165) is 39.6 Å². The minimum Gasteiger partial charge on any atom is -0.493 e. The van der Waals surface area contributed by atoms with E-state index in [-0.39, 0.29) is 4.83 Å². The number of ether oxygens (including phenoxy) is 2. The number of alkyl halides is 1. The summed E-state index contributed by atoms with van der Waals surface area (Å²) in [5.41, 5.74) is 3.35. The quantitative estimate of drug-likeness (QED) is 0.662. The molecule has 0 heterocycles. The first kappa shape index (κ1) is 16.2. The molecular weight excluding hydrogens is 352 g/mol. The van der Waals surface area contributed by atoms with Gasteiger partial charge in [-0.05, 0) is 42.2 Å². The lowest BCUT2D eigenvalue weighted by atomic mass is 10.0. The molecule has 1 atom stereocenters. The predicted molar refractivity (Wildman–Crippen MR) is 91.1 cm³/mol. The molecule has 2 nitrogen and oxygen atoms in total. The summed E-state index contributed by atoms with van der Waals surface area (Å²) in [5, 5.41) is 0.819. The Hall–Kier alpha value is -1.19. The molecule has 0 saturated carbocycles. The van der Waals surface area contributed by atoms with Crippen LogP contribution in [-0.4, -0.2) is 14.2 Å². The van der Waals surface area contributed by atoms with Crippen LogP contribution in [-0.2, 0) is 6.42 Å². The molecule has 0 amide bonds. The normalized spacial score (nSPS) is 12.0. The fourth-order valence-electron chi connectivity index (χ4n) is 2.24. The molecule has 0 aromatic heterocycles. The molecule has 0 bridgehead atoms. The Morgan fingerprint density at radius 2 is 1.81 bits per heavy atom. The van der Waals surface area contributed by atoms with Crippen molar-refractivity contribution in [2.45, 2.75) is 18.2 Å². The molecule has 4 heteroatoms. The second-order valence-electron chi connectivity index (χ2n) is 4.84. The number of rotatable bonds is 5. The summed E-state index contributed by atoms with van der Waals surface area (Å²) in [5.74, 6) is 1.48. The van der Waals surface area contributed by atoms with Gasteiger partial charge in [0.2, 0.25) is 0 Å². The highest BCUT2D eigenvalue weighted by Crippen LogP contribution is 2.36. The third-order valence-electron chi connectivity index (χ3n) is 3.42. The molecule has 0 fully saturated rings. The van der Waals surface area contributed by atoms with Gasteiger partial charge in [0.15, 0.2) is 11.5 Å². The molecule has 0 spiro atoms. The van der Waals surface area contributed by atoms with Crippen LogP contribution >= 0.6 is 27.5 Å². The van der Waals surface area contributed by atoms with Gasteiger partial charge in [0, 0.05) is 9.85 Å². The van der Waals surface area contributed by atoms with Crippen LogP contribution in [0.1, 0.15) is 21.5 Å². The van der Waals surface area contributed by atoms with Crippen LogP contribution in [0.4, 0.5) is 0 Å². The topological polar surface area (TPSA) is 18.5 Å². The lowest BCUT2D eigenvalue weighted by molar-refractivity contribution is 0.354. The number of aryl methyl sites for hydroxylation is 1. The van der Waals surface area contributed by atoms with Gasteiger partial charge in [0.1, 0.15) is 0 Å². The summed E-state index contributed by atoms with van der Waals surface area (Å²) in [6.45, 7) is 2.02. The molecule has 2 aromatic rings. The number of hydrogen-bond acceptors (Lipinski definition) is 2. The van der Waals surface area contributed by atoms with Crippen LogP contribution in [0.3, 0.4) is 0 Å². The number of methoxy groups -OCH3 is 2. The zero-order chi connectivity index (χ0) is 15.4. The minimum absolute atomic E-state index is 0.156. The monoisotopic (exact) mass is 368 g/mol. The lowest BCUT2D eigenvalue weighted by Gasteiger charge is -2.15. The van der Waals surface area contributed by atoms with Crippen LogP contribution in [0.15, 0.2) is 36.4 Å². The first-order valence-electron chi connectivity index (χ1n) is 6.66. The molecule has 0 N–H and O–H groups in total. The van der Waals surface area contributed by atoms with Crippen LogP contribution < -0.4 is 9.47 Å². The fraction of sp³-hybridized carbons (Fsp3) is 0.294. The Kier molecular flexibility index (Phi) is 5.54. The van der Waals surface area contributed by atoms with Gasteiger partial charge < -0.3 is 9.47 Å². The molecule has 2 aromatic carbocycles. The summed E-state index contributed by atoms with van der Waals surface area (Å²) in [7, 11) is 3.28. The van der Waals surface area contributed by atoms with Crippen LogP contribution in [0, 0.1) is 6.92 Å². The summed E-state index contributed by atoms with van der Waals surface area (Å²) >= 11 is 10.1. The van der Waals surface area contributed by atoms with E-state index in [4.69, 9.17) is 21.1 Å². The summed E-state index contributed by atoms with van der Waals surface area (Å²) in [4.78, 5) is 0.156. The van der Waals surface area contributed by atoms with E-state index in [1.54, 1.807) is 14.2 Å². The lowest BCUT2D eigenvalue weighted by Crippen LogP contribution is -1.99. The molecule has 0 aliphatic rings. The van der Waals surface area contributed by atoms with E-state index in [2.05, 4.69) is 22.0 Å². The van der Waals surface area contributed by atoms with Crippen molar-refractivity contribution in [3.05, 3.63) is 58.1 Å². The third-order valence-corrected chi connectivity index (χ3v) is 4.76. The molecule has 0 aliphatic carbocycles. The molecule has 1 unspecified atom stereocenters. The second kappa shape index (κ2) is 7.19. The van der Waals surface area contributed by atoms with Crippen molar-refractivity contribution in [2.24, 2.45) is 0 Å². The summed E-state index contributed by atoms with van der Waals surface area (Å²) in [6, 6.07) is 12.1. The van der Waals surface area contributed by atoms with E-state index in [1.807, 2.05) is 37.3 Å². The van der Waals surface area contributed by atoms with Crippen molar-refractivity contribution in [1.82, 2.24) is 0 Å². The summed E-state index contributed by atoms with van der Waals surface area (Å²) < 4.78 is 10.6. The van der Waals surface area contributed by atoms with Gasteiger partial charge in [-0.3, -0.25) is 0 Å². The zero-order valence-electron chi connectivity index (χ0n) is 12.3. The Morgan fingerprint density at radius 1 is 1.10 bits per heavy atom. The maximum absolute atomic E-state index is 6.39. The highest BCUT2D eigenvalue weighted by atomic mass is 79.9. The van der Waals surface area contributed by atoms with Crippen molar-refractivity contribution in [1.29, 1.82) is 0 Å². The van der Waals surface area contributed by atoms with Crippen molar-refractivity contribution in [3.63, 3.8) is 0 Å². The van der Waals surface area contributed by atoms with Gasteiger partial charge in [-0.1, -0.05) is 51.8 Å². The maximum atomic E-state index is 6.39. The predicted octanol–water partition coefficient (Wildman–Crippen LogP) is 5.34. The fourth-order valence-corrected chi connectivity index (χ4v) is 3.38. The Balaban J connectivity index is 2.23. The third kappa shape index (κ3) is 3.72. The first-order chi connectivity index (χ1) is 10.1. The van der Waals surface area contributed by atoms with E-state index in [1.165, 1.54) is 0 Å². The Labute approximate surface area is 139 Å². The van der Waals surface area contributed by atoms with E-state index >= 15 is 0 Å². The van der Waals surface area contributed by atoms with Crippen molar-refractivity contribution >= 4 is 27.5 Å². The van der Waals surface area contributed by atoms with Crippen LogP contribution in [0.2, 0.25) is 5.02 Å². The highest BCUT2D eigenvalue weighted by Gasteiger charge is 2.14. The molecular formula is C17H18BrClO2. The smallest absolute Gasteiger partial charge is 0.160 e. The average molecular weight is 370 g/mol. The second-order valence-corrected chi connectivity index (χ2v) is 6.32. The van der Waals surface area contributed by atoms with Gasteiger partial charge in [-0.2, -0.15) is 0 Å². The van der Waals surface area contributed by atoms with E-state index < -0.39 is 0 Å². The molecule has 0 saturated heterocycles. The van der Waals surface area contributed by atoms with Gasteiger partial charge in [-0.25, -0.2) is 0 Å². The standard InChI is InChI=1S/C17H18BrClO2/c1-11-5-4-6-13(17(11)19)14(18)9-12-7-8-15(20-2)16(10-12)21-3/h4-8,10,14H,9H2,1-3H3. The van der Waals surface area contributed by atoms with E-state index in [9.17, 15) is 0 Å². The average Bonchev–Trinajstić information content (AvgIpc) is 2.49. The molecule has 21 heavy (non-hydrogen) atoms. The first-order valence-corrected chi connectivity index (χ1v) is 7.96. The zero-order valence-corrected chi connectivity index (χ0v) is 14.7. The molecule has 0 radical (unpaired) electrons.